The molecule has 0 spiro atoms. The third-order valence-electron chi connectivity index (χ3n) is 14.0. The van der Waals surface area contributed by atoms with E-state index < -0.39 is 18.3 Å². The van der Waals surface area contributed by atoms with E-state index in [0.29, 0.717) is 49.0 Å². The Bertz CT molecular complexity index is 2900. The van der Waals surface area contributed by atoms with Crippen LogP contribution in [0, 0.1) is 46.0 Å². The number of phenolic OH excluding ortho intramolecular Hbond substituents is 2. The van der Waals surface area contributed by atoms with E-state index in [2.05, 4.69) is 125 Å². The van der Waals surface area contributed by atoms with E-state index in [1.165, 1.54) is 41.3 Å². The van der Waals surface area contributed by atoms with E-state index in [4.69, 9.17) is 29.0 Å². The van der Waals surface area contributed by atoms with Gasteiger partial charge in [0.25, 0.3) is 6.47 Å². The molecule has 1 saturated heterocycles. The molecule has 89 heavy (non-hydrogen) atoms. The van der Waals surface area contributed by atoms with Crippen LogP contribution in [0.2, 0.25) is 0 Å². The van der Waals surface area contributed by atoms with Crippen LogP contribution < -0.4 is 122 Å². The minimum atomic E-state index is -0.619. The molecule has 1 aliphatic heterocycles. The summed E-state index contributed by atoms with van der Waals surface area (Å²) in [7, 11) is 0. The Morgan fingerprint density at radius 2 is 0.876 bits per heavy atom. The fourth-order valence-electron chi connectivity index (χ4n) is 8.14. The largest absolute Gasteiger partial charge is 1.00 e. The van der Waals surface area contributed by atoms with Crippen molar-refractivity contribution in [2.75, 3.05) is 11.9 Å². The second-order valence-electron chi connectivity index (χ2n) is 22.0. The first-order chi connectivity index (χ1) is 40.8. The second kappa shape index (κ2) is 51.6. The number of carbonyl (C=O) groups excluding carboxylic acids is 1. The molecule has 0 saturated carbocycles. The Morgan fingerprint density at radius 3 is 1.19 bits per heavy atom. The fraction of sp³-hybridized carbons (Fsp3) is 0.397. The first kappa shape index (κ1) is 88.3. The predicted octanol–water partition coefficient (Wildman–Crippen LogP) is 11.3. The number of aromatic hydroxyl groups is 2. The molecule has 8 rings (SSSR count). The van der Waals surface area contributed by atoms with Gasteiger partial charge >= 0.3 is 103 Å². The zero-order valence-electron chi connectivity index (χ0n) is 56.0. The van der Waals surface area contributed by atoms with Crippen LogP contribution in [0.15, 0.2) is 164 Å². The minimum absolute atomic E-state index is 0. The minimum Gasteiger partial charge on any atom is -1.00 e. The first-order valence-electron chi connectivity index (χ1n) is 29.6. The summed E-state index contributed by atoms with van der Waals surface area (Å²) in [6.07, 6.45) is 5.75. The standard InChI is InChI=1S/C21H28O2.C16H17BrO2.C16H16O2.C13H20O3.C5H12.CH2O3.CH3.2K.Pd.H2.H/c1-4-16(2)10-11-21(22)19-12-17(3)13-20(14-19)23-15-18-8-6-5-7-9-18;1-12-7-14(16(18)10-17)9-15(8-12)19-11-13-5-3-2-4-6-13;1-12-7-14(16-11-18-16)9-15(8-12)17-10-13-5-3-2-4-6-13;1-3-9(2)4-5-13(16)10-6-11(14)8-12(15)7-10;1-4-5(2)3;2-1-4-3;;;;;;/h5-9,12-14,16,21-22H,4,10-11,15H2,1-3H3;2-9,16,18H,10-11H2,1H3;2-9,16H,10-11H2,1H3;6-9,13-16H,3-5H2,1-2H3;5H,4H2,1-3H3;1,3H;1H3;;;;1H;/q;;;;;;-1;2*+1;;;-1/p-1. The van der Waals surface area contributed by atoms with E-state index in [-0.39, 0.29) is 158 Å². The van der Waals surface area contributed by atoms with Crippen molar-refractivity contribution in [3.05, 3.63) is 227 Å². The molecule has 1 fully saturated rings. The number of aliphatic hydroxyl groups excluding tert-OH is 3. The van der Waals surface area contributed by atoms with Gasteiger partial charge in [-0.1, -0.05) is 193 Å². The maximum Gasteiger partial charge on any atom is 1.00 e. The predicted molar refractivity (Wildman–Crippen MR) is 352 cm³/mol. The number of halogens is 1. The number of carbonyl (C=O) groups is 1. The van der Waals surface area contributed by atoms with Crippen LogP contribution >= 0.6 is 15.9 Å². The fourth-order valence-corrected chi connectivity index (χ4v) is 8.51. The Balaban J connectivity index is -0.000000522. The van der Waals surface area contributed by atoms with Crippen LogP contribution in [0.3, 0.4) is 0 Å². The van der Waals surface area contributed by atoms with Gasteiger partial charge in [0.1, 0.15) is 54.7 Å². The summed E-state index contributed by atoms with van der Waals surface area (Å²) in [5, 5.41) is 57.7. The molecule has 7 aromatic rings. The number of epoxide rings is 1. The van der Waals surface area contributed by atoms with Crippen molar-refractivity contribution in [1.82, 2.24) is 0 Å². The summed E-state index contributed by atoms with van der Waals surface area (Å²) in [5.41, 5.74) is 10.5. The molecule has 0 aliphatic carbocycles. The SMILES string of the molecule is CCC(C)C.CCC(C)CCC(O)c1cc(C)cc(OCc2ccccc2)c1.CCC(C)CCC(O)c1cc(O)cc(O)c1.Cc1cc(OCc2ccccc2)cc(C(O)CBr)c1.Cc1cc(OCc2ccccc2)cc(C2CO2)c1.O=CO[O-].[CH3-].[H-].[HH].[K+].[K+].[Pd]. The molecule has 1 heterocycles. The van der Waals surface area contributed by atoms with Crippen LogP contribution in [-0.4, -0.2) is 43.9 Å². The zero-order valence-corrected chi connectivity index (χ0v) is 64.4. The quantitative estimate of drug-likeness (QED) is 0.00733. The Labute approximate surface area is 643 Å². The van der Waals surface area contributed by atoms with Crippen LogP contribution in [-0.2, 0) is 54.7 Å². The monoisotopic (exact) mass is 1430 g/mol. The number of alkyl halides is 1. The van der Waals surface area contributed by atoms with Crippen molar-refractivity contribution >= 4 is 22.4 Å². The number of hydrogen-bond acceptors (Lipinski definition) is 12. The number of rotatable bonds is 24. The number of phenols is 2. The summed E-state index contributed by atoms with van der Waals surface area (Å²) in [6, 6.07) is 52.8. The van der Waals surface area contributed by atoms with Crippen LogP contribution in [0.1, 0.15) is 176 Å². The van der Waals surface area contributed by atoms with Crippen molar-refractivity contribution in [3.63, 3.8) is 0 Å². The number of benzene rings is 7. The van der Waals surface area contributed by atoms with Gasteiger partial charge < -0.3 is 63.5 Å². The summed E-state index contributed by atoms with van der Waals surface area (Å²) < 4.78 is 22.8. The third kappa shape index (κ3) is 39.5. The smallest absolute Gasteiger partial charge is 1.00 e. The van der Waals surface area contributed by atoms with Crippen molar-refractivity contribution in [2.45, 2.75) is 158 Å². The number of ether oxygens (including phenoxy) is 4. The van der Waals surface area contributed by atoms with Crippen molar-refractivity contribution in [1.29, 1.82) is 0 Å². The molecule has 1 aliphatic rings. The zero-order chi connectivity index (χ0) is 62.5. The van der Waals surface area contributed by atoms with E-state index in [1.54, 1.807) is 0 Å². The van der Waals surface area contributed by atoms with Crippen molar-refractivity contribution in [3.8, 4) is 28.7 Å². The molecule has 16 heteroatoms. The van der Waals surface area contributed by atoms with E-state index in [0.717, 1.165) is 95.3 Å². The van der Waals surface area contributed by atoms with Crippen LogP contribution in [0.4, 0.5) is 0 Å². The molecule has 0 radical (unpaired) electrons. The maximum absolute atomic E-state index is 10.4. The molecule has 6 unspecified atom stereocenters. The average Bonchev–Trinajstić information content (AvgIpc) is 3.77. The van der Waals surface area contributed by atoms with Gasteiger partial charge in [-0.3, -0.25) is 4.79 Å². The second-order valence-corrected chi connectivity index (χ2v) is 22.7. The van der Waals surface area contributed by atoms with E-state index in [1.807, 2.05) is 111 Å². The summed E-state index contributed by atoms with van der Waals surface area (Å²) in [4.78, 5) is 11.2. The van der Waals surface area contributed by atoms with Gasteiger partial charge in [0.15, 0.2) is 0 Å². The van der Waals surface area contributed by atoms with Gasteiger partial charge in [0.05, 0.1) is 24.9 Å². The number of hydrogen-bond donors (Lipinski definition) is 5. The number of aryl methyl sites for hydroxylation is 3. The Kier molecular flexibility index (Phi) is 51.2. The van der Waals surface area contributed by atoms with Crippen molar-refractivity contribution in [2.24, 2.45) is 17.8 Å². The molecule has 0 bridgehead atoms. The molecule has 484 valence electrons. The molecular formula is C73H100BrK2O12Pd-. The topological polar surface area (TPSA) is 191 Å². The normalized spacial score (nSPS) is 13.1. The van der Waals surface area contributed by atoms with Crippen molar-refractivity contribution < 1.29 is 185 Å². The van der Waals surface area contributed by atoms with Gasteiger partial charge in [0.2, 0.25) is 0 Å². The molecule has 12 nitrogen and oxygen atoms in total. The molecule has 7 aromatic carbocycles. The molecule has 6 atom stereocenters. The summed E-state index contributed by atoms with van der Waals surface area (Å²) in [5.74, 6) is 4.63. The van der Waals surface area contributed by atoms with Gasteiger partial charge in [-0.25, -0.2) is 0 Å². The van der Waals surface area contributed by atoms with Crippen LogP contribution in [0.5, 0.6) is 28.7 Å². The van der Waals surface area contributed by atoms with Gasteiger partial charge in [-0.15, -0.1) is 0 Å². The summed E-state index contributed by atoms with van der Waals surface area (Å²) in [6.45, 7) is 23.8. The van der Waals surface area contributed by atoms with Gasteiger partial charge in [0, 0.05) is 33.2 Å². The first-order valence-corrected chi connectivity index (χ1v) is 30.7. The van der Waals surface area contributed by atoms with E-state index in [9.17, 15) is 25.5 Å². The molecule has 0 aromatic heterocycles. The Hall–Kier alpha value is -2.77. The van der Waals surface area contributed by atoms with Crippen LogP contribution in [0.25, 0.3) is 0 Å². The maximum atomic E-state index is 10.4. The average molecular weight is 1430 g/mol. The Morgan fingerprint density at radius 1 is 0.551 bits per heavy atom. The molecule has 5 N–H and O–H groups in total. The molecular weight excluding hydrogens is 1330 g/mol. The van der Waals surface area contributed by atoms with Gasteiger partial charge in [-0.2, -0.15) is 0 Å². The molecule has 0 amide bonds. The summed E-state index contributed by atoms with van der Waals surface area (Å²) >= 11 is 3.29. The third-order valence-corrected chi connectivity index (χ3v) is 14.6. The number of aliphatic hydroxyl groups is 3. The van der Waals surface area contributed by atoms with Gasteiger partial charge in [-0.05, 0) is 168 Å². The van der Waals surface area contributed by atoms with E-state index >= 15 is 0 Å².